The van der Waals surface area contributed by atoms with E-state index in [2.05, 4.69) is 6.92 Å². The van der Waals surface area contributed by atoms with Gasteiger partial charge in [0.05, 0.1) is 13.2 Å². The van der Waals surface area contributed by atoms with Crippen LogP contribution in [-0.2, 0) is 23.8 Å². The molecule has 0 fully saturated rings. The van der Waals surface area contributed by atoms with Crippen molar-refractivity contribution in [2.45, 2.75) is 64.9 Å². The van der Waals surface area contributed by atoms with Crippen LogP contribution in [-0.4, -0.2) is 31.3 Å². The first kappa shape index (κ1) is 21.0. The predicted octanol–water partition coefficient (Wildman–Crippen LogP) is 4.65. The fraction of sp³-hybridized carbons (Fsp3) is 0.545. The third kappa shape index (κ3) is 6.42. The zero-order valence-corrected chi connectivity index (χ0v) is 16.4. The number of rotatable bonds is 12. The molecule has 1 aliphatic heterocycles. The standard InChI is InChI=1S/C22H30O5/c1-3-5-6-7-11-16-26-21-20(17-12-9-8-10-13-17)18(27-22(21)24)14-15-19(23)25-4-2/h8-10,12-13,18H,3-7,11,14-16H2,1-2H3. The molecular formula is C22H30O5. The fourth-order valence-electron chi connectivity index (χ4n) is 3.13. The summed E-state index contributed by atoms with van der Waals surface area (Å²) in [5.41, 5.74) is 1.62. The number of esters is 2. The summed E-state index contributed by atoms with van der Waals surface area (Å²) in [5, 5.41) is 0. The van der Waals surface area contributed by atoms with E-state index in [-0.39, 0.29) is 18.1 Å². The van der Waals surface area contributed by atoms with Crippen LogP contribution < -0.4 is 0 Å². The Morgan fingerprint density at radius 3 is 2.52 bits per heavy atom. The quantitative estimate of drug-likeness (QED) is 0.393. The average Bonchev–Trinajstić information content (AvgIpc) is 2.99. The van der Waals surface area contributed by atoms with Gasteiger partial charge in [0.25, 0.3) is 0 Å². The Kier molecular flexibility index (Phi) is 8.89. The summed E-state index contributed by atoms with van der Waals surface area (Å²) >= 11 is 0. The second-order valence-electron chi connectivity index (χ2n) is 6.61. The molecule has 5 heteroatoms. The number of hydrogen-bond donors (Lipinski definition) is 0. The van der Waals surface area contributed by atoms with Crippen molar-refractivity contribution < 1.29 is 23.8 Å². The third-order valence-electron chi connectivity index (χ3n) is 4.50. The van der Waals surface area contributed by atoms with Gasteiger partial charge in [-0.2, -0.15) is 0 Å². The molecule has 0 bridgehead atoms. The zero-order valence-electron chi connectivity index (χ0n) is 16.4. The molecule has 1 heterocycles. The van der Waals surface area contributed by atoms with Crippen LogP contribution in [0, 0.1) is 0 Å². The lowest BCUT2D eigenvalue weighted by Crippen LogP contribution is -2.14. The Balaban J connectivity index is 2.07. The number of carbonyl (C=O) groups is 2. The van der Waals surface area contributed by atoms with Gasteiger partial charge in [0.15, 0.2) is 0 Å². The molecule has 0 N–H and O–H groups in total. The molecule has 1 aliphatic rings. The maximum absolute atomic E-state index is 12.4. The molecule has 148 valence electrons. The molecule has 1 atom stereocenters. The number of unbranched alkanes of at least 4 members (excludes halogenated alkanes) is 4. The highest BCUT2D eigenvalue weighted by Crippen LogP contribution is 2.34. The Hall–Kier alpha value is -2.30. The van der Waals surface area contributed by atoms with Crippen LogP contribution in [0.5, 0.6) is 0 Å². The van der Waals surface area contributed by atoms with Gasteiger partial charge in [-0.25, -0.2) is 4.79 Å². The van der Waals surface area contributed by atoms with Crippen molar-refractivity contribution in [3.63, 3.8) is 0 Å². The highest BCUT2D eigenvalue weighted by Gasteiger charge is 2.36. The molecule has 0 aromatic heterocycles. The molecule has 0 aliphatic carbocycles. The van der Waals surface area contributed by atoms with Gasteiger partial charge in [-0.05, 0) is 25.3 Å². The molecule has 1 aromatic carbocycles. The van der Waals surface area contributed by atoms with Gasteiger partial charge in [0.2, 0.25) is 5.76 Å². The summed E-state index contributed by atoms with van der Waals surface area (Å²) < 4.78 is 16.3. The largest absolute Gasteiger partial charge is 0.486 e. The summed E-state index contributed by atoms with van der Waals surface area (Å²) in [5.74, 6) is -0.451. The van der Waals surface area contributed by atoms with Crippen LogP contribution in [0.2, 0.25) is 0 Å². The zero-order chi connectivity index (χ0) is 19.5. The molecule has 5 nitrogen and oxygen atoms in total. The second-order valence-corrected chi connectivity index (χ2v) is 6.61. The normalized spacial score (nSPS) is 16.4. The van der Waals surface area contributed by atoms with Crippen LogP contribution in [0.3, 0.4) is 0 Å². The van der Waals surface area contributed by atoms with Crippen LogP contribution in [0.1, 0.15) is 64.4 Å². The maximum Gasteiger partial charge on any atom is 0.374 e. The van der Waals surface area contributed by atoms with Gasteiger partial charge in [-0.15, -0.1) is 0 Å². The summed E-state index contributed by atoms with van der Waals surface area (Å²) in [6.07, 6.45) is 5.69. The summed E-state index contributed by atoms with van der Waals surface area (Å²) in [7, 11) is 0. The van der Waals surface area contributed by atoms with Crippen LogP contribution >= 0.6 is 0 Å². The minimum absolute atomic E-state index is 0.201. The average molecular weight is 374 g/mol. The number of ether oxygens (including phenoxy) is 3. The van der Waals surface area contributed by atoms with Crippen molar-refractivity contribution in [1.82, 2.24) is 0 Å². The number of carbonyl (C=O) groups excluding carboxylic acids is 2. The number of benzene rings is 1. The van der Waals surface area contributed by atoms with E-state index in [0.29, 0.717) is 19.6 Å². The second kappa shape index (κ2) is 11.4. The van der Waals surface area contributed by atoms with E-state index in [4.69, 9.17) is 14.2 Å². The molecule has 2 rings (SSSR count). The van der Waals surface area contributed by atoms with Gasteiger partial charge >= 0.3 is 11.9 Å². The Morgan fingerprint density at radius 2 is 1.81 bits per heavy atom. The van der Waals surface area contributed by atoms with Gasteiger partial charge < -0.3 is 14.2 Å². The Labute approximate surface area is 161 Å². The first-order chi connectivity index (χ1) is 13.2. The molecule has 0 saturated heterocycles. The molecular weight excluding hydrogens is 344 g/mol. The first-order valence-electron chi connectivity index (χ1n) is 9.96. The minimum atomic E-state index is -0.487. The van der Waals surface area contributed by atoms with E-state index >= 15 is 0 Å². The molecule has 0 spiro atoms. The van der Waals surface area contributed by atoms with E-state index in [9.17, 15) is 9.59 Å². The maximum atomic E-state index is 12.4. The fourth-order valence-corrected chi connectivity index (χ4v) is 3.13. The molecule has 0 amide bonds. The highest BCUT2D eigenvalue weighted by atomic mass is 16.6. The molecule has 0 radical (unpaired) electrons. The van der Waals surface area contributed by atoms with E-state index in [1.165, 1.54) is 19.3 Å². The van der Waals surface area contributed by atoms with Gasteiger partial charge in [0.1, 0.15) is 6.10 Å². The predicted molar refractivity (Wildman–Crippen MR) is 104 cm³/mol. The van der Waals surface area contributed by atoms with E-state index in [0.717, 1.165) is 24.0 Å². The van der Waals surface area contributed by atoms with Crippen LogP contribution in [0.25, 0.3) is 5.57 Å². The first-order valence-corrected chi connectivity index (χ1v) is 9.96. The topological polar surface area (TPSA) is 61.8 Å². The minimum Gasteiger partial charge on any atom is -0.486 e. The van der Waals surface area contributed by atoms with Crippen molar-refractivity contribution in [2.75, 3.05) is 13.2 Å². The van der Waals surface area contributed by atoms with Crippen molar-refractivity contribution in [3.05, 3.63) is 41.7 Å². The third-order valence-corrected chi connectivity index (χ3v) is 4.50. The summed E-state index contributed by atoms with van der Waals surface area (Å²) in [6.45, 7) is 4.79. The highest BCUT2D eigenvalue weighted by molar-refractivity contribution is 6.01. The smallest absolute Gasteiger partial charge is 0.374 e. The van der Waals surface area contributed by atoms with Crippen LogP contribution in [0.15, 0.2) is 36.1 Å². The Bertz CT molecular complexity index is 635. The number of cyclic esters (lactones) is 1. The van der Waals surface area contributed by atoms with Crippen molar-refractivity contribution >= 4 is 17.5 Å². The van der Waals surface area contributed by atoms with E-state index in [1.807, 2.05) is 30.3 Å². The van der Waals surface area contributed by atoms with E-state index < -0.39 is 12.1 Å². The number of hydrogen-bond acceptors (Lipinski definition) is 5. The van der Waals surface area contributed by atoms with E-state index in [1.54, 1.807) is 6.92 Å². The lowest BCUT2D eigenvalue weighted by Gasteiger charge is -2.14. The van der Waals surface area contributed by atoms with Crippen molar-refractivity contribution in [1.29, 1.82) is 0 Å². The lowest BCUT2D eigenvalue weighted by molar-refractivity contribution is -0.147. The molecule has 27 heavy (non-hydrogen) atoms. The van der Waals surface area contributed by atoms with Gasteiger partial charge in [-0.3, -0.25) is 4.79 Å². The SMILES string of the molecule is CCCCCCCOC1=C(c2ccccc2)C(CCC(=O)OCC)OC1=O. The van der Waals surface area contributed by atoms with Gasteiger partial charge in [-0.1, -0.05) is 62.9 Å². The molecule has 1 unspecified atom stereocenters. The van der Waals surface area contributed by atoms with Crippen molar-refractivity contribution in [2.24, 2.45) is 0 Å². The van der Waals surface area contributed by atoms with Crippen LogP contribution in [0.4, 0.5) is 0 Å². The van der Waals surface area contributed by atoms with Crippen molar-refractivity contribution in [3.8, 4) is 0 Å². The Morgan fingerprint density at radius 1 is 1.07 bits per heavy atom. The lowest BCUT2D eigenvalue weighted by atomic mass is 9.97. The van der Waals surface area contributed by atoms with Gasteiger partial charge in [0, 0.05) is 12.0 Å². The monoisotopic (exact) mass is 374 g/mol. The molecule has 1 aromatic rings. The summed E-state index contributed by atoms with van der Waals surface area (Å²) in [6, 6.07) is 9.61. The molecule has 0 saturated carbocycles. The summed E-state index contributed by atoms with van der Waals surface area (Å²) in [4.78, 5) is 24.1.